The molecule has 0 atom stereocenters. The van der Waals surface area contributed by atoms with Gasteiger partial charge in [0, 0.05) is 17.7 Å². The zero-order chi connectivity index (χ0) is 16.9. The zero-order valence-corrected chi connectivity index (χ0v) is 15.2. The maximum atomic E-state index is 8.89. The first-order valence-electron chi connectivity index (χ1n) is 8.75. The van der Waals surface area contributed by atoms with Crippen LogP contribution in [0.3, 0.4) is 0 Å². The van der Waals surface area contributed by atoms with Crippen LogP contribution in [-0.2, 0) is 5.75 Å². The Hall–Kier alpha value is -1.80. The van der Waals surface area contributed by atoms with Crippen LogP contribution in [0.25, 0.3) is 0 Å². The molecule has 126 valence electrons. The number of rotatable bonds is 5. The third-order valence-electron chi connectivity index (χ3n) is 4.60. The van der Waals surface area contributed by atoms with Gasteiger partial charge in [-0.15, -0.1) is 10.2 Å². The molecule has 4 nitrogen and oxygen atoms in total. The van der Waals surface area contributed by atoms with Crippen molar-refractivity contribution in [3.05, 3.63) is 41.2 Å². The molecule has 1 fully saturated rings. The standard InChI is InChI=1S/C19H24N4S/c1-14(2)18-21-22-19(23(18)17-6-4-3-5-7-17)24-13-16-10-8-15(12-20)9-11-16/h8-11,14,17H,3-7,13H2,1-2H3. The van der Waals surface area contributed by atoms with Crippen LogP contribution in [0.2, 0.25) is 0 Å². The minimum Gasteiger partial charge on any atom is -0.303 e. The predicted molar refractivity (Wildman–Crippen MR) is 97.0 cm³/mol. The second kappa shape index (κ2) is 7.85. The summed E-state index contributed by atoms with van der Waals surface area (Å²) in [6.07, 6.45) is 6.44. The Morgan fingerprint density at radius 3 is 2.50 bits per heavy atom. The topological polar surface area (TPSA) is 54.5 Å². The van der Waals surface area contributed by atoms with Gasteiger partial charge < -0.3 is 4.57 Å². The first-order chi connectivity index (χ1) is 11.7. The number of nitriles is 1. The van der Waals surface area contributed by atoms with Crippen molar-refractivity contribution in [1.29, 1.82) is 5.26 Å². The Bertz CT molecular complexity index is 706. The SMILES string of the molecule is CC(C)c1nnc(SCc2ccc(C#N)cc2)n1C1CCCCC1. The fourth-order valence-electron chi connectivity index (χ4n) is 3.29. The molecule has 1 heterocycles. The van der Waals surface area contributed by atoms with Crippen LogP contribution >= 0.6 is 11.8 Å². The molecule has 0 aliphatic heterocycles. The Morgan fingerprint density at radius 1 is 1.17 bits per heavy atom. The summed E-state index contributed by atoms with van der Waals surface area (Å²) in [5.74, 6) is 2.36. The Morgan fingerprint density at radius 2 is 1.88 bits per heavy atom. The van der Waals surface area contributed by atoms with Crippen molar-refractivity contribution in [1.82, 2.24) is 14.8 Å². The van der Waals surface area contributed by atoms with Gasteiger partial charge in [-0.2, -0.15) is 5.26 Å². The monoisotopic (exact) mass is 340 g/mol. The van der Waals surface area contributed by atoms with Gasteiger partial charge in [0.05, 0.1) is 11.6 Å². The molecule has 0 radical (unpaired) electrons. The van der Waals surface area contributed by atoms with E-state index in [0.29, 0.717) is 17.5 Å². The van der Waals surface area contributed by atoms with Gasteiger partial charge in [0.2, 0.25) is 0 Å². The van der Waals surface area contributed by atoms with Crippen molar-refractivity contribution in [2.75, 3.05) is 0 Å². The summed E-state index contributed by atoms with van der Waals surface area (Å²) in [5, 5.41) is 18.9. The fourth-order valence-corrected chi connectivity index (χ4v) is 4.25. The zero-order valence-electron chi connectivity index (χ0n) is 14.4. The molecule has 0 unspecified atom stereocenters. The number of hydrogen-bond acceptors (Lipinski definition) is 4. The molecule has 0 saturated heterocycles. The van der Waals surface area contributed by atoms with E-state index in [1.54, 1.807) is 11.8 Å². The molecule has 1 aromatic heterocycles. The van der Waals surface area contributed by atoms with Gasteiger partial charge in [0.25, 0.3) is 0 Å². The van der Waals surface area contributed by atoms with Crippen LogP contribution in [0.15, 0.2) is 29.4 Å². The molecule has 0 bridgehead atoms. The van der Waals surface area contributed by atoms with Gasteiger partial charge in [-0.1, -0.05) is 57.0 Å². The number of hydrogen-bond donors (Lipinski definition) is 0. The lowest BCUT2D eigenvalue weighted by Crippen LogP contribution is -2.17. The smallest absolute Gasteiger partial charge is 0.191 e. The van der Waals surface area contributed by atoms with E-state index in [4.69, 9.17) is 5.26 Å². The minimum absolute atomic E-state index is 0.392. The molecule has 0 N–H and O–H groups in total. The van der Waals surface area contributed by atoms with E-state index in [1.165, 1.54) is 37.7 Å². The van der Waals surface area contributed by atoms with Crippen molar-refractivity contribution in [3.8, 4) is 6.07 Å². The summed E-state index contributed by atoms with van der Waals surface area (Å²) in [4.78, 5) is 0. The van der Waals surface area contributed by atoms with Crippen molar-refractivity contribution < 1.29 is 0 Å². The van der Waals surface area contributed by atoms with Crippen LogP contribution < -0.4 is 0 Å². The maximum absolute atomic E-state index is 8.89. The van der Waals surface area contributed by atoms with Crippen molar-refractivity contribution in [3.63, 3.8) is 0 Å². The van der Waals surface area contributed by atoms with Gasteiger partial charge in [-0.05, 0) is 30.5 Å². The Kier molecular flexibility index (Phi) is 5.57. The first kappa shape index (κ1) is 17.0. The van der Waals surface area contributed by atoms with Gasteiger partial charge >= 0.3 is 0 Å². The largest absolute Gasteiger partial charge is 0.303 e. The van der Waals surface area contributed by atoms with Crippen LogP contribution in [0, 0.1) is 11.3 Å². The molecule has 1 aliphatic rings. The van der Waals surface area contributed by atoms with E-state index in [9.17, 15) is 0 Å². The van der Waals surface area contributed by atoms with E-state index in [1.807, 2.05) is 24.3 Å². The van der Waals surface area contributed by atoms with E-state index >= 15 is 0 Å². The molecule has 24 heavy (non-hydrogen) atoms. The average molecular weight is 340 g/mol. The van der Waals surface area contributed by atoms with E-state index < -0.39 is 0 Å². The number of nitrogens with zero attached hydrogens (tertiary/aromatic N) is 4. The summed E-state index contributed by atoms with van der Waals surface area (Å²) < 4.78 is 2.40. The lowest BCUT2D eigenvalue weighted by molar-refractivity contribution is 0.326. The maximum Gasteiger partial charge on any atom is 0.191 e. The molecule has 5 heteroatoms. The van der Waals surface area contributed by atoms with Crippen molar-refractivity contribution in [2.45, 2.75) is 68.8 Å². The summed E-state index contributed by atoms with van der Waals surface area (Å²) in [6.45, 7) is 4.39. The van der Waals surface area contributed by atoms with Crippen LogP contribution in [-0.4, -0.2) is 14.8 Å². The highest BCUT2D eigenvalue weighted by Gasteiger charge is 2.24. The van der Waals surface area contributed by atoms with Crippen LogP contribution in [0.4, 0.5) is 0 Å². The number of thioether (sulfide) groups is 1. The van der Waals surface area contributed by atoms with Crippen molar-refractivity contribution >= 4 is 11.8 Å². The van der Waals surface area contributed by atoms with Crippen molar-refractivity contribution in [2.24, 2.45) is 0 Å². The first-order valence-corrected chi connectivity index (χ1v) is 9.74. The average Bonchev–Trinajstić information content (AvgIpc) is 3.05. The highest BCUT2D eigenvalue weighted by Crippen LogP contribution is 2.35. The van der Waals surface area contributed by atoms with Gasteiger partial charge in [-0.3, -0.25) is 0 Å². The van der Waals surface area contributed by atoms with Crippen LogP contribution in [0.5, 0.6) is 0 Å². The second-order valence-corrected chi connectivity index (χ2v) is 7.70. The molecular weight excluding hydrogens is 316 g/mol. The third kappa shape index (κ3) is 3.81. The van der Waals surface area contributed by atoms with E-state index in [-0.39, 0.29) is 0 Å². The predicted octanol–water partition coefficient (Wildman–Crippen LogP) is 5.07. The second-order valence-electron chi connectivity index (χ2n) is 6.75. The summed E-state index contributed by atoms with van der Waals surface area (Å²) in [6, 6.07) is 10.5. The lowest BCUT2D eigenvalue weighted by atomic mass is 9.95. The molecule has 1 aromatic carbocycles. The van der Waals surface area contributed by atoms with Gasteiger partial charge in [0.15, 0.2) is 5.16 Å². The summed E-state index contributed by atoms with van der Waals surface area (Å²) in [7, 11) is 0. The molecule has 1 saturated carbocycles. The third-order valence-corrected chi connectivity index (χ3v) is 5.61. The van der Waals surface area contributed by atoms with Gasteiger partial charge in [-0.25, -0.2) is 0 Å². The summed E-state index contributed by atoms with van der Waals surface area (Å²) >= 11 is 1.75. The molecular formula is C19H24N4S. The normalized spacial score (nSPS) is 15.6. The molecule has 0 amide bonds. The van der Waals surface area contributed by atoms with E-state index in [0.717, 1.165) is 16.7 Å². The molecule has 1 aliphatic carbocycles. The molecule has 2 aromatic rings. The number of aromatic nitrogens is 3. The Labute approximate surface area is 148 Å². The highest BCUT2D eigenvalue weighted by molar-refractivity contribution is 7.98. The lowest BCUT2D eigenvalue weighted by Gasteiger charge is -2.26. The number of benzene rings is 1. The van der Waals surface area contributed by atoms with Crippen LogP contribution in [0.1, 0.15) is 74.9 Å². The Balaban J connectivity index is 1.78. The molecule has 3 rings (SSSR count). The quantitative estimate of drug-likeness (QED) is 0.713. The minimum atomic E-state index is 0.392. The summed E-state index contributed by atoms with van der Waals surface area (Å²) in [5.41, 5.74) is 1.92. The van der Waals surface area contributed by atoms with Gasteiger partial charge in [0.1, 0.15) is 5.82 Å². The fraction of sp³-hybridized carbons (Fsp3) is 0.526. The molecule has 0 spiro atoms. The highest BCUT2D eigenvalue weighted by atomic mass is 32.2. The van der Waals surface area contributed by atoms with E-state index in [2.05, 4.69) is 34.7 Å².